The van der Waals surface area contributed by atoms with Crippen molar-refractivity contribution in [2.24, 2.45) is 5.73 Å². The van der Waals surface area contributed by atoms with E-state index in [0.29, 0.717) is 11.4 Å². The summed E-state index contributed by atoms with van der Waals surface area (Å²) < 4.78 is 32.5. The summed E-state index contributed by atoms with van der Waals surface area (Å²) in [5.74, 6) is 0.394. The van der Waals surface area contributed by atoms with E-state index in [1.165, 1.54) is 6.07 Å². The first-order chi connectivity index (χ1) is 9.83. The highest BCUT2D eigenvalue weighted by atomic mass is 79.9. The first-order valence-electron chi connectivity index (χ1n) is 6.12. The van der Waals surface area contributed by atoms with Crippen LogP contribution in [0.25, 0.3) is 0 Å². The van der Waals surface area contributed by atoms with Gasteiger partial charge in [0.2, 0.25) is 0 Å². The number of nitrogens with one attached hydrogen (secondary N) is 1. The SMILES string of the molecule is CN(C)c1ccc(NS(=O)(=O)c2cc(CN)oc2Br)cc1. The van der Waals surface area contributed by atoms with Gasteiger partial charge in [-0.3, -0.25) is 4.72 Å². The van der Waals surface area contributed by atoms with Crippen LogP contribution in [0.1, 0.15) is 5.76 Å². The van der Waals surface area contributed by atoms with Crippen molar-refractivity contribution in [3.05, 3.63) is 40.8 Å². The molecule has 0 aliphatic carbocycles. The molecule has 0 unspecified atom stereocenters. The Labute approximate surface area is 132 Å². The molecule has 2 rings (SSSR count). The van der Waals surface area contributed by atoms with E-state index in [4.69, 9.17) is 10.2 Å². The number of hydrogen-bond donors (Lipinski definition) is 2. The summed E-state index contributed by atoms with van der Waals surface area (Å²) >= 11 is 3.09. The van der Waals surface area contributed by atoms with Crippen LogP contribution in [-0.2, 0) is 16.6 Å². The van der Waals surface area contributed by atoms with Gasteiger partial charge in [0.15, 0.2) is 4.67 Å². The molecule has 3 N–H and O–H groups in total. The highest BCUT2D eigenvalue weighted by Crippen LogP contribution is 2.28. The predicted molar refractivity (Wildman–Crippen MR) is 85.9 cm³/mol. The van der Waals surface area contributed by atoms with E-state index in [9.17, 15) is 8.42 Å². The van der Waals surface area contributed by atoms with Crippen molar-refractivity contribution in [1.82, 2.24) is 0 Å². The third kappa shape index (κ3) is 3.58. The molecule has 1 aromatic carbocycles. The van der Waals surface area contributed by atoms with E-state index in [0.717, 1.165) is 5.69 Å². The largest absolute Gasteiger partial charge is 0.452 e. The summed E-state index contributed by atoms with van der Waals surface area (Å²) in [7, 11) is 0.0995. The fourth-order valence-corrected chi connectivity index (χ4v) is 3.78. The summed E-state index contributed by atoms with van der Waals surface area (Å²) in [4.78, 5) is 1.96. The fourth-order valence-electron chi connectivity index (χ4n) is 1.72. The number of sulfonamides is 1. The van der Waals surface area contributed by atoms with E-state index >= 15 is 0 Å². The third-order valence-corrected chi connectivity index (χ3v) is 5.07. The first-order valence-corrected chi connectivity index (χ1v) is 8.39. The van der Waals surface area contributed by atoms with Gasteiger partial charge in [0.05, 0.1) is 6.54 Å². The van der Waals surface area contributed by atoms with Crippen molar-refractivity contribution in [3.8, 4) is 0 Å². The van der Waals surface area contributed by atoms with Gasteiger partial charge in [0.25, 0.3) is 10.0 Å². The highest BCUT2D eigenvalue weighted by Gasteiger charge is 2.22. The van der Waals surface area contributed by atoms with E-state index in [-0.39, 0.29) is 16.1 Å². The molecule has 1 aromatic heterocycles. The fraction of sp³-hybridized carbons (Fsp3) is 0.231. The van der Waals surface area contributed by atoms with Crippen molar-refractivity contribution in [2.45, 2.75) is 11.4 Å². The minimum Gasteiger partial charge on any atom is -0.452 e. The third-order valence-electron chi connectivity index (χ3n) is 2.83. The van der Waals surface area contributed by atoms with E-state index < -0.39 is 10.0 Å². The number of hydrogen-bond acceptors (Lipinski definition) is 5. The number of benzene rings is 1. The van der Waals surface area contributed by atoms with Gasteiger partial charge < -0.3 is 15.1 Å². The van der Waals surface area contributed by atoms with Gasteiger partial charge in [-0.2, -0.15) is 0 Å². The summed E-state index contributed by atoms with van der Waals surface area (Å²) in [6, 6.07) is 8.46. The molecule has 0 saturated heterocycles. The Morgan fingerprint density at radius 1 is 1.29 bits per heavy atom. The van der Waals surface area contributed by atoms with Gasteiger partial charge >= 0.3 is 0 Å². The molecule has 0 saturated carbocycles. The Balaban J connectivity index is 2.26. The van der Waals surface area contributed by atoms with Crippen LogP contribution in [0.3, 0.4) is 0 Å². The van der Waals surface area contributed by atoms with Gasteiger partial charge in [0, 0.05) is 31.5 Å². The van der Waals surface area contributed by atoms with Crippen molar-refractivity contribution in [1.29, 1.82) is 0 Å². The molecular formula is C13H16BrN3O3S. The molecule has 2 aromatic rings. The molecule has 0 radical (unpaired) electrons. The van der Waals surface area contributed by atoms with Crippen LogP contribution in [0, 0.1) is 0 Å². The predicted octanol–water partition coefficient (Wildman–Crippen LogP) is 2.37. The molecule has 8 heteroatoms. The molecule has 0 atom stereocenters. The molecule has 1 heterocycles. The van der Waals surface area contributed by atoms with Crippen LogP contribution in [0.15, 0.2) is 44.3 Å². The number of rotatable bonds is 5. The Morgan fingerprint density at radius 2 is 1.90 bits per heavy atom. The van der Waals surface area contributed by atoms with Crippen LogP contribution < -0.4 is 15.4 Å². The van der Waals surface area contributed by atoms with E-state index in [1.807, 2.05) is 31.1 Å². The number of furan rings is 1. The summed E-state index contributed by atoms with van der Waals surface area (Å²) in [6.45, 7) is 0.131. The van der Waals surface area contributed by atoms with E-state index in [1.54, 1.807) is 12.1 Å². The quantitative estimate of drug-likeness (QED) is 0.839. The van der Waals surface area contributed by atoms with Crippen LogP contribution in [-0.4, -0.2) is 22.5 Å². The van der Waals surface area contributed by atoms with Gasteiger partial charge in [0.1, 0.15) is 10.7 Å². The lowest BCUT2D eigenvalue weighted by Crippen LogP contribution is -2.13. The summed E-state index contributed by atoms with van der Waals surface area (Å²) in [5.41, 5.74) is 6.89. The standard InChI is InChI=1S/C13H16BrN3O3S/c1-17(2)10-5-3-9(4-6-10)16-21(18,19)12-7-11(8-15)20-13(12)14/h3-7,16H,8,15H2,1-2H3. The maximum absolute atomic E-state index is 12.3. The number of halogens is 1. The molecule has 0 aliphatic heterocycles. The zero-order chi connectivity index (χ0) is 15.6. The zero-order valence-corrected chi connectivity index (χ0v) is 14.0. The van der Waals surface area contributed by atoms with Crippen molar-refractivity contribution < 1.29 is 12.8 Å². The van der Waals surface area contributed by atoms with Crippen LogP contribution in [0.4, 0.5) is 11.4 Å². The highest BCUT2D eigenvalue weighted by molar-refractivity contribution is 9.10. The average molecular weight is 374 g/mol. The molecular weight excluding hydrogens is 358 g/mol. The minimum absolute atomic E-state index is 0.0274. The second-order valence-electron chi connectivity index (χ2n) is 4.60. The Hall–Kier alpha value is -1.51. The molecule has 6 nitrogen and oxygen atoms in total. The van der Waals surface area contributed by atoms with Crippen molar-refractivity contribution in [2.75, 3.05) is 23.7 Å². The maximum atomic E-state index is 12.3. The Bertz CT molecular complexity index is 724. The lowest BCUT2D eigenvalue weighted by molar-refractivity contribution is 0.484. The molecule has 114 valence electrons. The van der Waals surface area contributed by atoms with Gasteiger partial charge in [-0.05, 0) is 40.2 Å². The molecule has 0 bridgehead atoms. The second kappa shape index (κ2) is 6.08. The van der Waals surface area contributed by atoms with Gasteiger partial charge in [-0.15, -0.1) is 0 Å². The molecule has 21 heavy (non-hydrogen) atoms. The monoisotopic (exact) mass is 373 g/mol. The summed E-state index contributed by atoms with van der Waals surface area (Å²) in [6.07, 6.45) is 0. The van der Waals surface area contributed by atoms with Crippen LogP contribution >= 0.6 is 15.9 Å². The van der Waals surface area contributed by atoms with Gasteiger partial charge in [-0.25, -0.2) is 8.42 Å². The zero-order valence-electron chi connectivity index (χ0n) is 11.6. The normalized spacial score (nSPS) is 11.4. The lowest BCUT2D eigenvalue weighted by Gasteiger charge is -2.13. The summed E-state index contributed by atoms with van der Waals surface area (Å²) in [5, 5.41) is 0. The molecule has 0 amide bonds. The molecule has 0 spiro atoms. The molecule has 0 aliphatic rings. The number of anilines is 2. The van der Waals surface area contributed by atoms with E-state index in [2.05, 4.69) is 20.7 Å². The Kier molecular flexibility index (Phi) is 4.60. The second-order valence-corrected chi connectivity index (χ2v) is 6.97. The van der Waals surface area contributed by atoms with Gasteiger partial charge in [-0.1, -0.05) is 0 Å². The smallest absolute Gasteiger partial charge is 0.266 e. The topological polar surface area (TPSA) is 88.6 Å². The molecule has 0 fully saturated rings. The first kappa shape index (κ1) is 15.9. The average Bonchev–Trinajstić information content (AvgIpc) is 2.81. The maximum Gasteiger partial charge on any atom is 0.266 e. The van der Waals surface area contributed by atoms with Crippen LogP contribution in [0.2, 0.25) is 0 Å². The minimum atomic E-state index is -3.73. The van der Waals surface area contributed by atoms with Crippen LogP contribution in [0.5, 0.6) is 0 Å². The lowest BCUT2D eigenvalue weighted by atomic mass is 10.3. The van der Waals surface area contributed by atoms with Crippen molar-refractivity contribution >= 4 is 37.3 Å². The number of nitrogens with two attached hydrogens (primary N) is 1. The number of nitrogens with zero attached hydrogens (tertiary/aromatic N) is 1. The Morgan fingerprint density at radius 3 is 2.38 bits per heavy atom. The van der Waals surface area contributed by atoms with Crippen molar-refractivity contribution in [3.63, 3.8) is 0 Å².